The smallest absolute Gasteiger partial charge is 1.00 e. The Morgan fingerprint density at radius 1 is 0.905 bits per heavy atom. The van der Waals surface area contributed by atoms with Crippen LogP contribution in [0.4, 0.5) is 0 Å². The molecular formula is C18H22LiOP. The van der Waals surface area contributed by atoms with Gasteiger partial charge < -0.3 is 1.43 Å². The van der Waals surface area contributed by atoms with Crippen molar-refractivity contribution in [2.24, 2.45) is 0 Å². The van der Waals surface area contributed by atoms with Crippen LogP contribution in [0.5, 0.6) is 0 Å². The average molecular weight is 292 g/mol. The normalized spacial score (nSPS) is 10.7. The van der Waals surface area contributed by atoms with Gasteiger partial charge in [0.2, 0.25) is 0 Å². The van der Waals surface area contributed by atoms with Gasteiger partial charge in [-0.3, -0.25) is 4.79 Å². The Hall–Kier alpha value is -0.863. The van der Waals surface area contributed by atoms with Crippen LogP contribution in [0.1, 0.15) is 39.6 Å². The van der Waals surface area contributed by atoms with E-state index in [4.69, 9.17) is 0 Å². The summed E-state index contributed by atoms with van der Waals surface area (Å²) in [5.74, 6) is 0. The molecule has 0 N–H and O–H groups in total. The van der Waals surface area contributed by atoms with Crippen LogP contribution in [0, 0.1) is 34.6 Å². The van der Waals surface area contributed by atoms with Gasteiger partial charge in [-0.25, -0.2) is 0 Å². The molecule has 21 heavy (non-hydrogen) atoms. The Labute approximate surface area is 143 Å². The zero-order valence-corrected chi connectivity index (χ0v) is 14.8. The summed E-state index contributed by atoms with van der Waals surface area (Å²) in [6.45, 7) is 10.3. The summed E-state index contributed by atoms with van der Waals surface area (Å²) < 4.78 is 0. The molecule has 0 saturated carbocycles. The predicted octanol–water partition coefficient (Wildman–Crippen LogP) is 1.49. The van der Waals surface area contributed by atoms with Crippen LogP contribution in [-0.2, 0) is 0 Å². The largest absolute Gasteiger partial charge is 1.00 e. The Morgan fingerprint density at radius 2 is 1.48 bits per heavy atom. The first-order chi connectivity index (χ1) is 9.40. The van der Waals surface area contributed by atoms with E-state index >= 15 is 0 Å². The molecule has 3 heteroatoms. The van der Waals surface area contributed by atoms with Crippen molar-refractivity contribution in [1.82, 2.24) is 0 Å². The van der Waals surface area contributed by atoms with Gasteiger partial charge in [0.25, 0.3) is 0 Å². The first-order valence-corrected chi connectivity index (χ1v) is 7.85. The molecule has 0 fully saturated rings. The van der Waals surface area contributed by atoms with Gasteiger partial charge in [-0.15, -0.1) is 0 Å². The Kier molecular flexibility index (Phi) is 6.42. The number of rotatable bonds is 3. The van der Waals surface area contributed by atoms with Gasteiger partial charge >= 0.3 is 18.9 Å². The summed E-state index contributed by atoms with van der Waals surface area (Å²) >= 11 is 0. The molecule has 1 nitrogen and oxygen atoms in total. The minimum absolute atomic E-state index is 0. The second kappa shape index (κ2) is 7.42. The van der Waals surface area contributed by atoms with Crippen molar-refractivity contribution in [1.29, 1.82) is 0 Å². The van der Waals surface area contributed by atoms with Gasteiger partial charge in [0, 0.05) is 5.56 Å². The molecule has 0 saturated heterocycles. The quantitative estimate of drug-likeness (QED) is 0.619. The maximum absolute atomic E-state index is 12.6. The molecule has 2 aromatic rings. The second-order valence-corrected chi connectivity index (χ2v) is 6.74. The van der Waals surface area contributed by atoms with Crippen LogP contribution in [-0.4, -0.2) is 5.52 Å². The number of hydrogen-bond donors (Lipinski definition) is 0. The Balaban J connectivity index is 0.00000220. The van der Waals surface area contributed by atoms with Crippen molar-refractivity contribution in [2.45, 2.75) is 34.6 Å². The van der Waals surface area contributed by atoms with Crippen LogP contribution in [0.3, 0.4) is 0 Å². The molecule has 0 amide bonds. The monoisotopic (exact) mass is 292 g/mol. The fourth-order valence-corrected chi connectivity index (χ4v) is 3.57. The molecule has 0 heterocycles. The van der Waals surface area contributed by atoms with Gasteiger partial charge in [-0.05, 0) is 70.8 Å². The SMILES string of the molecule is Cc1ccc(PC(=O)c2c(C)cc(C)c(C)c2C)cc1.[H-].[Li+]. The minimum Gasteiger partial charge on any atom is -1.00 e. The maximum Gasteiger partial charge on any atom is 1.00 e. The molecule has 0 aliphatic rings. The molecular weight excluding hydrogens is 270 g/mol. The van der Waals surface area contributed by atoms with Gasteiger partial charge in [0.15, 0.2) is 5.52 Å². The Bertz CT molecular complexity index is 666. The van der Waals surface area contributed by atoms with Crippen molar-refractivity contribution in [3.05, 3.63) is 63.7 Å². The van der Waals surface area contributed by atoms with Crippen LogP contribution < -0.4 is 24.2 Å². The van der Waals surface area contributed by atoms with E-state index in [0.29, 0.717) is 0 Å². The molecule has 1 atom stereocenters. The van der Waals surface area contributed by atoms with E-state index in [1.807, 2.05) is 6.92 Å². The van der Waals surface area contributed by atoms with E-state index in [-0.39, 0.29) is 34.4 Å². The molecule has 0 radical (unpaired) electrons. The molecule has 0 aliphatic heterocycles. The summed E-state index contributed by atoms with van der Waals surface area (Å²) in [4.78, 5) is 12.6. The van der Waals surface area contributed by atoms with Crippen LogP contribution >= 0.6 is 8.58 Å². The molecule has 0 aliphatic carbocycles. The second-order valence-electron chi connectivity index (χ2n) is 5.46. The number of carbonyl (C=O) groups is 1. The summed E-state index contributed by atoms with van der Waals surface area (Å²) in [6.07, 6.45) is 0. The molecule has 2 aromatic carbocycles. The van der Waals surface area contributed by atoms with E-state index < -0.39 is 0 Å². The number of hydrogen-bond acceptors (Lipinski definition) is 1. The van der Waals surface area contributed by atoms with E-state index in [0.717, 1.165) is 22.0 Å². The van der Waals surface area contributed by atoms with E-state index in [1.165, 1.54) is 16.7 Å². The predicted molar refractivity (Wildman–Crippen MR) is 90.0 cm³/mol. The van der Waals surface area contributed by atoms with Gasteiger partial charge in [0.1, 0.15) is 0 Å². The topological polar surface area (TPSA) is 17.1 Å². The molecule has 106 valence electrons. The van der Waals surface area contributed by atoms with Crippen molar-refractivity contribution in [3.63, 3.8) is 0 Å². The van der Waals surface area contributed by atoms with Gasteiger partial charge in [-0.2, -0.15) is 0 Å². The van der Waals surface area contributed by atoms with Crippen LogP contribution in [0.2, 0.25) is 0 Å². The summed E-state index contributed by atoms with van der Waals surface area (Å²) in [5.41, 5.74) is 7.09. The van der Waals surface area contributed by atoms with Gasteiger partial charge in [-0.1, -0.05) is 35.9 Å². The number of carbonyl (C=O) groups excluding carboxylic acids is 1. The summed E-state index contributed by atoms with van der Waals surface area (Å²) in [5, 5.41) is 1.11. The van der Waals surface area contributed by atoms with E-state index in [1.54, 1.807) is 0 Å². The molecule has 1 unspecified atom stereocenters. The maximum atomic E-state index is 12.6. The third-order valence-corrected chi connectivity index (χ3v) is 4.99. The molecule has 0 bridgehead atoms. The molecule has 2 rings (SSSR count). The Morgan fingerprint density at radius 3 is 2.05 bits per heavy atom. The van der Waals surface area contributed by atoms with Crippen molar-refractivity contribution in [3.8, 4) is 0 Å². The first-order valence-electron chi connectivity index (χ1n) is 6.85. The number of benzene rings is 2. The molecule has 0 spiro atoms. The van der Waals surface area contributed by atoms with Crippen molar-refractivity contribution < 1.29 is 25.1 Å². The molecule has 0 aromatic heterocycles. The van der Waals surface area contributed by atoms with Crippen LogP contribution in [0.25, 0.3) is 0 Å². The fraction of sp³-hybridized carbons (Fsp3) is 0.278. The minimum atomic E-state index is 0. The van der Waals surface area contributed by atoms with E-state index in [9.17, 15) is 4.79 Å². The van der Waals surface area contributed by atoms with Crippen LogP contribution in [0.15, 0.2) is 30.3 Å². The standard InChI is InChI=1S/C18H21OP.Li.H/c1-11-6-8-16(9-7-11)20-18(19)17-13(3)10-12(2)14(4)15(17)5;;/h6-10,20H,1-5H3;;/q;+1;-1. The average Bonchev–Trinajstić information content (AvgIpc) is 2.39. The zero-order chi connectivity index (χ0) is 14.9. The fourth-order valence-electron chi connectivity index (χ4n) is 2.46. The van der Waals surface area contributed by atoms with Gasteiger partial charge in [0.05, 0.1) is 0 Å². The third-order valence-electron chi connectivity index (χ3n) is 3.89. The first kappa shape index (κ1) is 18.2. The third kappa shape index (κ3) is 4.08. The number of aryl methyl sites for hydroxylation is 3. The zero-order valence-electron chi connectivity index (χ0n) is 14.8. The van der Waals surface area contributed by atoms with Crippen molar-refractivity contribution in [2.75, 3.05) is 0 Å². The summed E-state index contributed by atoms with van der Waals surface area (Å²) in [7, 11) is 0.199. The van der Waals surface area contributed by atoms with E-state index in [2.05, 4.69) is 58.0 Å². The summed E-state index contributed by atoms with van der Waals surface area (Å²) in [6, 6.07) is 10.4. The van der Waals surface area contributed by atoms with Crippen molar-refractivity contribution >= 4 is 19.4 Å².